The van der Waals surface area contributed by atoms with Crippen LogP contribution in [0.3, 0.4) is 0 Å². The van der Waals surface area contributed by atoms with Crippen LogP contribution in [0, 0.1) is 6.92 Å². The lowest BCUT2D eigenvalue weighted by molar-refractivity contribution is 1.23. The molecule has 5 rings (SSSR count). The molecule has 0 N–H and O–H groups in total. The summed E-state index contributed by atoms with van der Waals surface area (Å²) in [4.78, 5) is 4.89. The third-order valence-electron chi connectivity index (χ3n) is 4.51. The molecular formula is C20H14N2. The first kappa shape index (κ1) is 11.8. The minimum atomic E-state index is 0.997. The Labute approximate surface area is 127 Å². The summed E-state index contributed by atoms with van der Waals surface area (Å²) < 4.78 is 2.20. The van der Waals surface area contributed by atoms with Gasteiger partial charge in [0.15, 0.2) is 0 Å². The number of fused-ring (bicyclic) bond motifs is 8. The van der Waals surface area contributed by atoms with Gasteiger partial charge >= 0.3 is 0 Å². The molecular weight excluding hydrogens is 268 g/mol. The lowest BCUT2D eigenvalue weighted by Crippen LogP contribution is -1.87. The number of aryl methyl sites for hydroxylation is 1. The molecule has 22 heavy (non-hydrogen) atoms. The molecule has 0 fully saturated rings. The van der Waals surface area contributed by atoms with E-state index in [2.05, 4.69) is 72.1 Å². The smallest absolute Gasteiger partial charge is 0.137 e. The Kier molecular flexibility index (Phi) is 2.18. The van der Waals surface area contributed by atoms with E-state index < -0.39 is 0 Å². The van der Waals surface area contributed by atoms with Crippen LogP contribution in [0.2, 0.25) is 0 Å². The van der Waals surface area contributed by atoms with Crippen molar-refractivity contribution in [3.63, 3.8) is 0 Å². The molecule has 0 unspecified atom stereocenters. The first-order valence-electron chi connectivity index (χ1n) is 7.51. The van der Waals surface area contributed by atoms with Crippen molar-refractivity contribution < 1.29 is 0 Å². The molecule has 0 radical (unpaired) electrons. The third kappa shape index (κ3) is 1.37. The summed E-state index contributed by atoms with van der Waals surface area (Å²) in [5.74, 6) is 0. The van der Waals surface area contributed by atoms with Crippen molar-refractivity contribution >= 4 is 38.2 Å². The Hall–Kier alpha value is -2.87. The van der Waals surface area contributed by atoms with Crippen molar-refractivity contribution in [1.29, 1.82) is 0 Å². The van der Waals surface area contributed by atoms with E-state index >= 15 is 0 Å². The highest BCUT2D eigenvalue weighted by Gasteiger charge is 2.14. The zero-order valence-corrected chi connectivity index (χ0v) is 12.2. The predicted octanol–water partition coefficient (Wildman–Crippen LogP) is 5.10. The van der Waals surface area contributed by atoms with Gasteiger partial charge in [0, 0.05) is 17.0 Å². The van der Waals surface area contributed by atoms with E-state index in [1.807, 2.05) is 6.07 Å². The summed E-state index contributed by atoms with van der Waals surface area (Å²) in [6.45, 7) is 2.18. The van der Waals surface area contributed by atoms with Crippen LogP contribution in [0.5, 0.6) is 0 Å². The van der Waals surface area contributed by atoms with Crippen molar-refractivity contribution in [2.24, 2.45) is 0 Å². The molecule has 2 heteroatoms. The van der Waals surface area contributed by atoms with E-state index in [0.29, 0.717) is 0 Å². The summed E-state index contributed by atoms with van der Waals surface area (Å²) in [6, 6.07) is 21.3. The van der Waals surface area contributed by atoms with Crippen molar-refractivity contribution in [1.82, 2.24) is 9.38 Å². The predicted molar refractivity (Wildman–Crippen MR) is 92.4 cm³/mol. The highest BCUT2D eigenvalue weighted by Crippen LogP contribution is 2.36. The quantitative estimate of drug-likeness (QED) is 0.361. The third-order valence-corrected chi connectivity index (χ3v) is 4.51. The molecule has 5 aromatic rings. The zero-order chi connectivity index (χ0) is 14.7. The van der Waals surface area contributed by atoms with Gasteiger partial charge in [0.2, 0.25) is 0 Å². The Balaban J connectivity index is 2.26. The fourth-order valence-corrected chi connectivity index (χ4v) is 3.57. The first-order valence-corrected chi connectivity index (χ1v) is 7.51. The number of aromatic nitrogens is 2. The van der Waals surface area contributed by atoms with Gasteiger partial charge < -0.3 is 0 Å². The second-order valence-electron chi connectivity index (χ2n) is 5.78. The Morgan fingerprint density at radius 3 is 2.45 bits per heavy atom. The van der Waals surface area contributed by atoms with E-state index in [1.165, 1.54) is 32.6 Å². The number of benzene rings is 3. The normalized spacial score (nSPS) is 11.9. The lowest BCUT2D eigenvalue weighted by Gasteiger charge is -2.09. The monoisotopic (exact) mass is 282 g/mol. The van der Waals surface area contributed by atoms with Crippen molar-refractivity contribution in [3.8, 4) is 0 Å². The van der Waals surface area contributed by atoms with Crippen LogP contribution >= 0.6 is 0 Å². The van der Waals surface area contributed by atoms with Crippen LogP contribution in [-0.2, 0) is 0 Å². The fourth-order valence-electron chi connectivity index (χ4n) is 3.57. The van der Waals surface area contributed by atoms with Gasteiger partial charge in [-0.3, -0.25) is 4.40 Å². The zero-order valence-electron chi connectivity index (χ0n) is 12.2. The largest absolute Gasteiger partial charge is 0.299 e. The highest BCUT2D eigenvalue weighted by atomic mass is 15.0. The van der Waals surface area contributed by atoms with Gasteiger partial charge in [-0.2, -0.15) is 0 Å². The van der Waals surface area contributed by atoms with Gasteiger partial charge in [0.25, 0.3) is 0 Å². The van der Waals surface area contributed by atoms with Gasteiger partial charge in [0.05, 0.1) is 11.0 Å². The van der Waals surface area contributed by atoms with E-state index in [1.54, 1.807) is 0 Å². The summed E-state index contributed by atoms with van der Waals surface area (Å²) >= 11 is 0. The molecule has 0 saturated carbocycles. The summed E-state index contributed by atoms with van der Waals surface area (Å²) in [5, 5.41) is 5.11. The molecule has 0 aliphatic heterocycles. The number of nitrogens with zero attached hydrogens (tertiary/aromatic N) is 2. The molecule has 0 bridgehead atoms. The van der Waals surface area contributed by atoms with E-state index in [0.717, 1.165) is 11.2 Å². The topological polar surface area (TPSA) is 17.3 Å². The van der Waals surface area contributed by atoms with Crippen LogP contribution in [0.1, 0.15) is 5.56 Å². The van der Waals surface area contributed by atoms with Gasteiger partial charge in [-0.15, -0.1) is 0 Å². The number of imidazole rings is 1. The Bertz CT molecular complexity index is 1180. The molecule has 0 saturated heterocycles. The minimum Gasteiger partial charge on any atom is -0.299 e. The van der Waals surface area contributed by atoms with E-state index in [9.17, 15) is 0 Å². The van der Waals surface area contributed by atoms with Crippen LogP contribution in [-0.4, -0.2) is 9.38 Å². The molecule has 0 aliphatic rings. The fraction of sp³-hybridized carbons (Fsp3) is 0.0500. The molecule has 2 aromatic heterocycles. The molecule has 3 aromatic carbocycles. The Morgan fingerprint density at radius 2 is 1.55 bits per heavy atom. The second kappa shape index (κ2) is 4.08. The van der Waals surface area contributed by atoms with Crippen LogP contribution < -0.4 is 0 Å². The molecule has 0 aliphatic carbocycles. The number of hydrogen-bond acceptors (Lipinski definition) is 1. The lowest BCUT2D eigenvalue weighted by atomic mass is 9.96. The van der Waals surface area contributed by atoms with Gasteiger partial charge in [-0.05, 0) is 35.4 Å². The maximum atomic E-state index is 4.89. The summed E-state index contributed by atoms with van der Waals surface area (Å²) in [7, 11) is 0. The molecule has 2 heterocycles. The first-order chi connectivity index (χ1) is 10.8. The maximum Gasteiger partial charge on any atom is 0.137 e. The van der Waals surface area contributed by atoms with Crippen LogP contribution in [0.4, 0.5) is 0 Å². The van der Waals surface area contributed by atoms with E-state index in [-0.39, 0.29) is 0 Å². The standard InChI is InChI=1S/C20H14N2/c1-13-7-6-10-16-18(13)14-8-2-3-9-15(14)19-20(16)22-12-5-4-11-17(22)21-19/h2-12H,1H3. The SMILES string of the molecule is Cc1cccc2c1c1ccccc1c1nc3ccccn3c21. The highest BCUT2D eigenvalue weighted by molar-refractivity contribution is 6.24. The Morgan fingerprint density at radius 1 is 0.773 bits per heavy atom. The summed E-state index contributed by atoms with van der Waals surface area (Å²) in [5.41, 5.74) is 4.59. The van der Waals surface area contributed by atoms with E-state index in [4.69, 9.17) is 4.98 Å². The minimum absolute atomic E-state index is 0.997. The average molecular weight is 282 g/mol. The van der Waals surface area contributed by atoms with Gasteiger partial charge in [-0.25, -0.2) is 4.98 Å². The molecule has 0 atom stereocenters. The van der Waals surface area contributed by atoms with Crippen molar-refractivity contribution in [3.05, 3.63) is 72.4 Å². The number of hydrogen-bond donors (Lipinski definition) is 0. The van der Waals surface area contributed by atoms with Crippen molar-refractivity contribution in [2.75, 3.05) is 0 Å². The average Bonchev–Trinajstić information content (AvgIpc) is 2.95. The second-order valence-corrected chi connectivity index (χ2v) is 5.78. The molecule has 0 amide bonds. The van der Waals surface area contributed by atoms with Gasteiger partial charge in [0.1, 0.15) is 5.65 Å². The number of pyridine rings is 1. The van der Waals surface area contributed by atoms with Crippen LogP contribution in [0.15, 0.2) is 66.9 Å². The van der Waals surface area contributed by atoms with Crippen LogP contribution in [0.25, 0.3) is 38.2 Å². The number of rotatable bonds is 0. The summed E-state index contributed by atoms with van der Waals surface area (Å²) in [6.07, 6.45) is 2.10. The maximum absolute atomic E-state index is 4.89. The van der Waals surface area contributed by atoms with Gasteiger partial charge in [-0.1, -0.05) is 48.5 Å². The van der Waals surface area contributed by atoms with Crippen molar-refractivity contribution in [2.45, 2.75) is 6.92 Å². The molecule has 104 valence electrons. The molecule has 2 nitrogen and oxygen atoms in total. The molecule has 0 spiro atoms.